The molecule has 20 heavy (non-hydrogen) atoms. The van der Waals surface area contributed by atoms with Gasteiger partial charge in [0.2, 0.25) is 0 Å². The van der Waals surface area contributed by atoms with Crippen LogP contribution in [-0.2, 0) is 0 Å². The van der Waals surface area contributed by atoms with E-state index < -0.39 is 0 Å². The van der Waals surface area contributed by atoms with Crippen LogP contribution in [0.2, 0.25) is 0 Å². The molecular weight excluding hydrogens is 365 g/mol. The van der Waals surface area contributed by atoms with Crippen molar-refractivity contribution in [1.82, 2.24) is 13.4 Å². The van der Waals surface area contributed by atoms with Crippen molar-refractivity contribution in [3.05, 3.63) is 42.1 Å². The Morgan fingerprint density at radius 3 is 2.90 bits per heavy atom. The average Bonchev–Trinajstić information content (AvgIpc) is 2.49. The van der Waals surface area contributed by atoms with Gasteiger partial charge in [-0.15, -0.1) is 0 Å². The zero-order valence-corrected chi connectivity index (χ0v) is 13.2. The van der Waals surface area contributed by atoms with Crippen molar-refractivity contribution in [2.75, 3.05) is 13.1 Å². The summed E-state index contributed by atoms with van der Waals surface area (Å²) in [6.45, 7) is 2.07. The van der Waals surface area contributed by atoms with Crippen LogP contribution < -0.4 is 5.32 Å². The van der Waals surface area contributed by atoms with Crippen LogP contribution in [0.15, 0.2) is 36.5 Å². The first-order valence-electron chi connectivity index (χ1n) is 6.79. The average molecular weight is 381 g/mol. The highest BCUT2D eigenvalue weighted by atomic mass is 127. The maximum Gasteiger partial charge on any atom is 0.251 e. The highest BCUT2D eigenvalue weighted by Gasteiger charge is 2.19. The van der Waals surface area contributed by atoms with E-state index in [-0.39, 0.29) is 11.9 Å². The third kappa shape index (κ3) is 3.09. The topological polar surface area (TPSA) is 45.2 Å². The molecule has 104 valence electrons. The lowest BCUT2D eigenvalue weighted by Crippen LogP contribution is -2.41. The van der Waals surface area contributed by atoms with E-state index in [1.807, 2.05) is 30.3 Å². The minimum Gasteiger partial charge on any atom is -0.349 e. The van der Waals surface area contributed by atoms with Crippen molar-refractivity contribution < 1.29 is 4.79 Å². The zero-order valence-electron chi connectivity index (χ0n) is 11.1. The highest BCUT2D eigenvalue weighted by molar-refractivity contribution is 14.1. The number of halogens is 1. The van der Waals surface area contributed by atoms with Crippen LogP contribution in [0.1, 0.15) is 23.2 Å². The van der Waals surface area contributed by atoms with Crippen LogP contribution >= 0.6 is 22.9 Å². The van der Waals surface area contributed by atoms with E-state index in [0.717, 1.165) is 36.8 Å². The summed E-state index contributed by atoms with van der Waals surface area (Å²) in [5.41, 5.74) is 1.63. The van der Waals surface area contributed by atoms with Crippen LogP contribution in [-0.4, -0.2) is 33.1 Å². The molecule has 1 aromatic carbocycles. The fraction of sp³-hybridized carbons (Fsp3) is 0.333. The molecule has 0 unspecified atom stereocenters. The molecule has 0 spiro atoms. The molecule has 0 aliphatic carbocycles. The lowest BCUT2D eigenvalue weighted by Gasteiger charge is -2.28. The summed E-state index contributed by atoms with van der Waals surface area (Å²) in [6.07, 6.45) is 3.80. The first-order chi connectivity index (χ1) is 9.72. The minimum absolute atomic E-state index is 0.0164. The zero-order chi connectivity index (χ0) is 13.9. The van der Waals surface area contributed by atoms with E-state index in [1.165, 1.54) is 0 Å². The first kappa shape index (κ1) is 13.8. The van der Waals surface area contributed by atoms with Gasteiger partial charge < -0.3 is 5.32 Å². The third-order valence-corrected chi connectivity index (χ3v) is 4.61. The number of benzene rings is 1. The summed E-state index contributed by atoms with van der Waals surface area (Å²) < 4.78 is 2.27. The second-order valence-corrected chi connectivity index (χ2v) is 6.43. The van der Waals surface area contributed by atoms with Gasteiger partial charge in [0.25, 0.3) is 5.91 Å². The summed E-state index contributed by atoms with van der Waals surface area (Å²) in [6, 6.07) is 9.81. The van der Waals surface area contributed by atoms with E-state index in [4.69, 9.17) is 0 Å². The standard InChI is InChI=1S/C15H16IN3O/c16-19-8-5-13(6-9-19)18-15(20)12-3-4-14-11(10-12)2-1-7-17-14/h1-4,7,10,13H,5-6,8-9H2,(H,18,20). The van der Waals surface area contributed by atoms with Gasteiger partial charge >= 0.3 is 0 Å². The fourth-order valence-corrected chi connectivity index (χ4v) is 3.03. The lowest BCUT2D eigenvalue weighted by molar-refractivity contribution is 0.0926. The van der Waals surface area contributed by atoms with Crippen molar-refractivity contribution in [2.24, 2.45) is 0 Å². The number of hydrogen-bond donors (Lipinski definition) is 1. The molecule has 1 aromatic heterocycles. The molecule has 1 saturated heterocycles. The van der Waals surface area contributed by atoms with Crippen LogP contribution in [0.3, 0.4) is 0 Å². The normalized spacial score (nSPS) is 17.2. The summed E-state index contributed by atoms with van der Waals surface area (Å²) in [4.78, 5) is 16.6. The number of carbonyl (C=O) groups is 1. The van der Waals surface area contributed by atoms with E-state index in [1.54, 1.807) is 6.20 Å². The Balaban J connectivity index is 1.72. The van der Waals surface area contributed by atoms with Gasteiger partial charge in [0.1, 0.15) is 0 Å². The van der Waals surface area contributed by atoms with Crippen molar-refractivity contribution in [3.63, 3.8) is 0 Å². The molecule has 2 aromatic rings. The summed E-state index contributed by atoms with van der Waals surface area (Å²) >= 11 is 2.34. The van der Waals surface area contributed by atoms with Crippen molar-refractivity contribution in [2.45, 2.75) is 18.9 Å². The van der Waals surface area contributed by atoms with Gasteiger partial charge in [-0.2, -0.15) is 0 Å². The number of nitrogens with one attached hydrogen (secondary N) is 1. The van der Waals surface area contributed by atoms with Gasteiger partial charge in [0, 0.05) is 59.1 Å². The molecule has 0 saturated carbocycles. The number of hydrogen-bond acceptors (Lipinski definition) is 3. The van der Waals surface area contributed by atoms with E-state index in [9.17, 15) is 4.79 Å². The second kappa shape index (κ2) is 6.05. The van der Waals surface area contributed by atoms with Crippen molar-refractivity contribution >= 4 is 39.7 Å². The Morgan fingerprint density at radius 1 is 1.30 bits per heavy atom. The van der Waals surface area contributed by atoms with Crippen LogP contribution in [0.5, 0.6) is 0 Å². The van der Waals surface area contributed by atoms with Gasteiger partial charge in [-0.3, -0.25) is 9.78 Å². The van der Waals surface area contributed by atoms with Gasteiger partial charge in [0.05, 0.1) is 5.52 Å². The summed E-state index contributed by atoms with van der Waals surface area (Å²) in [5.74, 6) is 0.0164. The Kier molecular flexibility index (Phi) is 4.16. The van der Waals surface area contributed by atoms with E-state index >= 15 is 0 Å². The molecule has 4 nitrogen and oxygen atoms in total. The maximum atomic E-state index is 12.3. The smallest absolute Gasteiger partial charge is 0.251 e. The van der Waals surface area contributed by atoms with Gasteiger partial charge in [0.15, 0.2) is 0 Å². The van der Waals surface area contributed by atoms with Crippen molar-refractivity contribution in [3.8, 4) is 0 Å². The number of fused-ring (bicyclic) bond motifs is 1. The first-order valence-corrected chi connectivity index (χ1v) is 7.75. The van der Waals surface area contributed by atoms with Gasteiger partial charge in [-0.05, 0) is 37.1 Å². The second-order valence-electron chi connectivity index (χ2n) is 5.07. The Bertz CT molecular complexity index is 623. The maximum absolute atomic E-state index is 12.3. The summed E-state index contributed by atoms with van der Waals surface area (Å²) in [7, 11) is 0. The molecule has 1 aliphatic rings. The molecule has 0 radical (unpaired) electrons. The van der Waals surface area contributed by atoms with Crippen molar-refractivity contribution in [1.29, 1.82) is 0 Å². The minimum atomic E-state index is 0.0164. The van der Waals surface area contributed by atoms with Crippen LogP contribution in [0.4, 0.5) is 0 Å². The number of piperidine rings is 1. The predicted octanol–water partition coefficient (Wildman–Crippen LogP) is 2.78. The molecule has 3 rings (SSSR count). The van der Waals surface area contributed by atoms with E-state index in [0.29, 0.717) is 5.56 Å². The number of aromatic nitrogens is 1. The van der Waals surface area contributed by atoms with Crippen LogP contribution in [0, 0.1) is 0 Å². The monoisotopic (exact) mass is 381 g/mol. The molecule has 5 heteroatoms. The number of amides is 1. The van der Waals surface area contributed by atoms with Gasteiger partial charge in [-0.25, -0.2) is 3.11 Å². The largest absolute Gasteiger partial charge is 0.349 e. The predicted molar refractivity (Wildman–Crippen MR) is 87.8 cm³/mol. The Hall–Kier alpha value is -1.21. The fourth-order valence-electron chi connectivity index (χ4n) is 2.48. The van der Waals surface area contributed by atoms with Crippen LogP contribution in [0.25, 0.3) is 10.9 Å². The number of carbonyl (C=O) groups excluding carboxylic acids is 1. The quantitative estimate of drug-likeness (QED) is 0.643. The highest BCUT2D eigenvalue weighted by Crippen LogP contribution is 2.16. The molecule has 0 bridgehead atoms. The number of rotatable bonds is 2. The molecule has 1 fully saturated rings. The molecule has 1 aliphatic heterocycles. The van der Waals surface area contributed by atoms with Gasteiger partial charge in [-0.1, -0.05) is 6.07 Å². The number of pyridine rings is 1. The SMILES string of the molecule is O=C(NC1CCN(I)CC1)c1ccc2ncccc2c1. The molecule has 0 atom stereocenters. The molecular formula is C15H16IN3O. The Morgan fingerprint density at radius 2 is 2.10 bits per heavy atom. The molecule has 1 amide bonds. The van der Waals surface area contributed by atoms with E-state index in [2.05, 4.69) is 36.3 Å². The Labute approximate surface area is 132 Å². The lowest BCUT2D eigenvalue weighted by atomic mass is 10.1. The number of nitrogens with zero attached hydrogens (tertiary/aromatic N) is 2. The molecule has 1 N–H and O–H groups in total. The summed E-state index contributed by atoms with van der Waals surface area (Å²) in [5, 5.41) is 4.13. The third-order valence-electron chi connectivity index (χ3n) is 3.64. The molecule has 2 heterocycles.